The number of thiocarbonyl (C=S) groups is 1. The average Bonchev–Trinajstić information content (AvgIpc) is 2.59. The van der Waals surface area contributed by atoms with Crippen LogP contribution in [0.1, 0.15) is 23.2 Å². The van der Waals surface area contributed by atoms with E-state index < -0.39 is 11.8 Å². The average molecular weight is 357 g/mol. The van der Waals surface area contributed by atoms with Crippen molar-refractivity contribution in [3.63, 3.8) is 0 Å². The molecule has 0 saturated heterocycles. The molecule has 0 aromatic heterocycles. The highest BCUT2D eigenvalue weighted by molar-refractivity contribution is 7.78. The van der Waals surface area contributed by atoms with Crippen molar-refractivity contribution < 1.29 is 18.7 Å². The van der Waals surface area contributed by atoms with E-state index in [1.807, 2.05) is 12.1 Å². The van der Waals surface area contributed by atoms with Crippen LogP contribution in [0.25, 0.3) is 11.1 Å². The number of carbonyl (C=O) groups excluding carboxylic acids is 1. The normalized spacial score (nSPS) is 18.6. The van der Waals surface area contributed by atoms with Crippen LogP contribution in [0, 0.1) is 5.82 Å². The molecule has 25 heavy (non-hydrogen) atoms. The van der Waals surface area contributed by atoms with Gasteiger partial charge in [-0.3, -0.25) is 0 Å². The lowest BCUT2D eigenvalue weighted by molar-refractivity contribution is 0.00316. The summed E-state index contributed by atoms with van der Waals surface area (Å²) in [5.41, 5.74) is 1.44. The summed E-state index contributed by atoms with van der Waals surface area (Å²) in [5.74, 6) is -0.541. The summed E-state index contributed by atoms with van der Waals surface area (Å²) in [4.78, 5) is 16.0. The number of ether oxygens (including phenoxy) is 2. The number of benzene rings is 2. The van der Waals surface area contributed by atoms with E-state index in [-0.39, 0.29) is 17.7 Å². The first kappa shape index (κ1) is 17.3. The predicted octanol–water partition coefficient (Wildman–Crippen LogP) is 4.29. The number of hydrogen-bond donors (Lipinski definition) is 0. The van der Waals surface area contributed by atoms with Crippen molar-refractivity contribution >= 4 is 23.3 Å². The van der Waals surface area contributed by atoms with Crippen molar-refractivity contribution in [3.05, 3.63) is 53.8 Å². The van der Waals surface area contributed by atoms with E-state index in [0.717, 1.165) is 11.3 Å². The zero-order chi connectivity index (χ0) is 17.8. The molecule has 1 fully saturated rings. The summed E-state index contributed by atoms with van der Waals surface area (Å²) in [5, 5.41) is 2.31. The first-order valence-electron chi connectivity index (χ1n) is 7.82. The van der Waals surface area contributed by atoms with Gasteiger partial charge in [0.2, 0.25) is 0 Å². The number of methoxy groups -OCH3 is 1. The maximum Gasteiger partial charge on any atom is 0.341 e. The Hall–Kier alpha value is -2.56. The van der Waals surface area contributed by atoms with Crippen LogP contribution >= 0.6 is 12.2 Å². The van der Waals surface area contributed by atoms with Gasteiger partial charge < -0.3 is 9.47 Å². The number of rotatable bonds is 5. The van der Waals surface area contributed by atoms with Gasteiger partial charge in [0, 0.05) is 12.8 Å². The third kappa shape index (κ3) is 3.92. The van der Waals surface area contributed by atoms with Crippen molar-refractivity contribution in [1.82, 2.24) is 0 Å². The summed E-state index contributed by atoms with van der Waals surface area (Å²) in [6.45, 7) is 0. The number of esters is 1. The monoisotopic (exact) mass is 357 g/mol. The van der Waals surface area contributed by atoms with E-state index in [1.165, 1.54) is 12.1 Å². The van der Waals surface area contributed by atoms with Crippen LogP contribution in [0.2, 0.25) is 0 Å². The van der Waals surface area contributed by atoms with Crippen LogP contribution in [0.5, 0.6) is 5.75 Å². The molecular formula is C19H16FNO3S. The lowest BCUT2D eigenvalue weighted by Gasteiger charge is -2.31. The Balaban J connectivity index is 1.69. The van der Waals surface area contributed by atoms with Crippen LogP contribution in [0.4, 0.5) is 4.39 Å². The van der Waals surface area contributed by atoms with Gasteiger partial charge in [0.05, 0.1) is 23.9 Å². The van der Waals surface area contributed by atoms with Gasteiger partial charge in [-0.25, -0.2) is 14.2 Å². The topological polar surface area (TPSA) is 47.9 Å². The SMILES string of the molecule is COc1ccc(-c2ccc(C(=O)O[C@H]3C[C@@H](N=C=S)C3)c(F)c2)cc1. The maximum atomic E-state index is 14.3. The second kappa shape index (κ2) is 7.55. The van der Waals surface area contributed by atoms with Crippen LogP contribution in [0.15, 0.2) is 47.5 Å². The second-order valence-corrected chi connectivity index (χ2v) is 5.98. The van der Waals surface area contributed by atoms with Crippen molar-refractivity contribution in [2.75, 3.05) is 7.11 Å². The number of carbonyl (C=O) groups is 1. The summed E-state index contributed by atoms with van der Waals surface area (Å²) >= 11 is 4.53. The molecule has 0 heterocycles. The quantitative estimate of drug-likeness (QED) is 0.455. The minimum absolute atomic E-state index is 0.0533. The third-order valence-electron chi connectivity index (χ3n) is 4.19. The fourth-order valence-corrected chi connectivity index (χ4v) is 2.82. The van der Waals surface area contributed by atoms with Crippen molar-refractivity contribution in [2.45, 2.75) is 25.0 Å². The smallest absolute Gasteiger partial charge is 0.341 e. The van der Waals surface area contributed by atoms with Gasteiger partial charge in [0.25, 0.3) is 0 Å². The van der Waals surface area contributed by atoms with Crippen LogP contribution < -0.4 is 4.74 Å². The van der Waals surface area contributed by atoms with E-state index in [0.29, 0.717) is 18.4 Å². The van der Waals surface area contributed by atoms with Crippen molar-refractivity contribution in [1.29, 1.82) is 0 Å². The van der Waals surface area contributed by atoms with E-state index >= 15 is 0 Å². The molecule has 0 atom stereocenters. The van der Waals surface area contributed by atoms with Gasteiger partial charge in [-0.2, -0.15) is 0 Å². The van der Waals surface area contributed by atoms with Gasteiger partial charge in [-0.1, -0.05) is 18.2 Å². The van der Waals surface area contributed by atoms with E-state index in [4.69, 9.17) is 9.47 Å². The Bertz CT molecular complexity index is 825. The lowest BCUT2D eigenvalue weighted by atomic mass is 9.90. The van der Waals surface area contributed by atoms with E-state index in [9.17, 15) is 9.18 Å². The summed E-state index contributed by atoms with van der Waals surface area (Å²) in [6, 6.07) is 11.8. The molecule has 0 unspecified atom stereocenters. The zero-order valence-corrected chi connectivity index (χ0v) is 14.4. The predicted molar refractivity (Wildman–Crippen MR) is 95.6 cm³/mol. The first-order valence-corrected chi connectivity index (χ1v) is 8.23. The molecular weight excluding hydrogens is 341 g/mol. The summed E-state index contributed by atoms with van der Waals surface area (Å²) in [7, 11) is 1.58. The summed E-state index contributed by atoms with van der Waals surface area (Å²) < 4.78 is 24.7. The number of hydrogen-bond acceptors (Lipinski definition) is 5. The molecule has 2 aromatic carbocycles. The van der Waals surface area contributed by atoms with E-state index in [1.54, 1.807) is 25.3 Å². The van der Waals surface area contributed by atoms with Gasteiger partial charge in [-0.15, -0.1) is 0 Å². The second-order valence-electron chi connectivity index (χ2n) is 5.80. The molecule has 0 aliphatic heterocycles. The fraction of sp³-hybridized carbons (Fsp3) is 0.263. The summed E-state index contributed by atoms with van der Waals surface area (Å²) in [6.07, 6.45) is 0.951. The maximum absolute atomic E-state index is 14.3. The number of halogens is 1. The highest BCUT2D eigenvalue weighted by atomic mass is 32.1. The minimum Gasteiger partial charge on any atom is -0.497 e. The van der Waals surface area contributed by atoms with Gasteiger partial charge in [-0.05, 0) is 47.6 Å². The molecule has 1 saturated carbocycles. The molecule has 0 N–H and O–H groups in total. The molecule has 128 valence electrons. The van der Waals surface area contributed by atoms with E-state index in [2.05, 4.69) is 22.4 Å². The third-order valence-corrected chi connectivity index (χ3v) is 4.30. The van der Waals surface area contributed by atoms with Gasteiger partial charge >= 0.3 is 5.97 Å². The fourth-order valence-electron chi connectivity index (χ4n) is 2.67. The Morgan fingerprint density at radius 1 is 1.20 bits per heavy atom. The minimum atomic E-state index is -0.659. The van der Waals surface area contributed by atoms with Gasteiger partial charge in [0.1, 0.15) is 17.7 Å². The molecule has 4 nitrogen and oxygen atoms in total. The van der Waals surface area contributed by atoms with Crippen LogP contribution in [0.3, 0.4) is 0 Å². The van der Waals surface area contributed by atoms with Crippen LogP contribution in [-0.4, -0.2) is 30.4 Å². The Labute approximate surface area is 150 Å². The highest BCUT2D eigenvalue weighted by Crippen LogP contribution is 2.28. The molecule has 0 bridgehead atoms. The zero-order valence-electron chi connectivity index (χ0n) is 13.6. The molecule has 0 amide bonds. The number of isothiocyanates is 1. The first-order chi connectivity index (χ1) is 12.1. The Morgan fingerprint density at radius 2 is 1.88 bits per heavy atom. The largest absolute Gasteiger partial charge is 0.497 e. The molecule has 1 aliphatic rings. The highest BCUT2D eigenvalue weighted by Gasteiger charge is 2.32. The van der Waals surface area contributed by atoms with Crippen molar-refractivity contribution in [3.8, 4) is 16.9 Å². The molecule has 0 radical (unpaired) electrons. The van der Waals surface area contributed by atoms with Gasteiger partial charge in [0.15, 0.2) is 0 Å². The number of nitrogens with zero attached hydrogens (tertiary/aromatic N) is 1. The molecule has 2 aromatic rings. The Kier molecular flexibility index (Phi) is 5.22. The molecule has 6 heteroatoms. The van der Waals surface area contributed by atoms with Crippen molar-refractivity contribution in [2.24, 2.45) is 4.99 Å². The lowest BCUT2D eigenvalue weighted by Crippen LogP contribution is -2.36. The standard InChI is InChI=1S/C19H16FNO3S/c1-23-15-5-2-12(3-6-15)13-4-7-17(18(20)8-13)19(22)24-16-9-14(10-16)21-11-25/h2-8,14,16H,9-10H2,1H3/t14-,16+. The number of aliphatic imine (C=N–C) groups is 1. The molecule has 0 spiro atoms. The molecule has 3 rings (SSSR count). The molecule has 1 aliphatic carbocycles. The van der Waals surface area contributed by atoms with Crippen LogP contribution in [-0.2, 0) is 4.74 Å². The Morgan fingerprint density at radius 3 is 2.48 bits per heavy atom.